The molecule has 31 heteroatoms. The highest BCUT2D eigenvalue weighted by molar-refractivity contribution is 9.10. The van der Waals surface area contributed by atoms with Crippen molar-refractivity contribution in [2.45, 2.75) is 124 Å². The summed E-state index contributed by atoms with van der Waals surface area (Å²) >= 11 is 3.44. The molecule has 111 heavy (non-hydrogen) atoms. The maximum atomic E-state index is 13.3. The molecule has 7 aromatic carbocycles. The van der Waals surface area contributed by atoms with Crippen LogP contribution in [0.1, 0.15) is 110 Å². The predicted octanol–water partition coefficient (Wildman–Crippen LogP) is 17.7. The molecule has 15 aromatic rings. The monoisotopic (exact) mass is 1570 g/mol. The van der Waals surface area contributed by atoms with Crippen molar-refractivity contribution < 1.29 is 41.2 Å². The Morgan fingerprint density at radius 2 is 0.919 bits per heavy atom. The number of H-pyrrole nitrogens is 8. The molecule has 26 nitrogen and oxygen atoms in total. The minimum absolute atomic E-state index is 0.00214. The van der Waals surface area contributed by atoms with Crippen molar-refractivity contribution in [1.29, 1.82) is 0 Å². The predicted molar refractivity (Wildman–Crippen MR) is 415 cm³/mol. The average molecular weight is 1570 g/mol. The summed E-state index contributed by atoms with van der Waals surface area (Å²) in [7, 11) is 0. The van der Waals surface area contributed by atoms with E-state index in [1.165, 1.54) is 69.5 Å². The summed E-state index contributed by atoms with van der Waals surface area (Å²) in [5.41, 5.74) is 11.5. The minimum Gasteiger partial charge on any atom is -0.494 e. The molecule has 3 aliphatic heterocycles. The number of fused-ring (bicyclic) bond motifs is 6. The maximum absolute atomic E-state index is 13.3. The van der Waals surface area contributed by atoms with Crippen molar-refractivity contribution in [3.05, 3.63) is 161 Å². The van der Waals surface area contributed by atoms with E-state index in [1.807, 2.05) is 78.9 Å². The highest BCUT2D eigenvalue weighted by Crippen LogP contribution is 2.46. The second-order valence-electron chi connectivity index (χ2n) is 30.0. The van der Waals surface area contributed by atoms with Gasteiger partial charge in [-0.25, -0.2) is 19.9 Å². The van der Waals surface area contributed by atoms with Gasteiger partial charge in [0.25, 0.3) is 0 Å². The number of ether oxygens (including phenoxy) is 5. The van der Waals surface area contributed by atoms with Gasteiger partial charge < -0.3 is 28.6 Å². The summed E-state index contributed by atoms with van der Waals surface area (Å²) in [6.45, 7) is 19.2. The number of piperidine rings is 1. The molecule has 2 fully saturated rings. The van der Waals surface area contributed by atoms with Crippen LogP contribution in [0.3, 0.4) is 0 Å². The van der Waals surface area contributed by atoms with Gasteiger partial charge in [-0.2, -0.15) is 40.8 Å². The van der Waals surface area contributed by atoms with Gasteiger partial charge in [0, 0.05) is 91.7 Å². The van der Waals surface area contributed by atoms with Gasteiger partial charge in [0.05, 0.1) is 28.7 Å². The molecular weight excluding hydrogens is 1490 g/mol. The Morgan fingerprint density at radius 3 is 1.41 bits per heavy atom. The molecule has 4 aliphatic rings. The molecule has 0 radical (unpaired) electrons. The van der Waals surface area contributed by atoms with Crippen LogP contribution in [0.5, 0.6) is 28.7 Å². The van der Waals surface area contributed by atoms with Crippen LogP contribution in [-0.4, -0.2) is 145 Å². The number of aromatic nitrogens is 20. The lowest BCUT2D eigenvalue weighted by Crippen LogP contribution is -2.31. The normalized spacial score (nSPS) is 15.0. The second kappa shape index (κ2) is 30.5. The molecule has 1 saturated heterocycles. The highest BCUT2D eigenvalue weighted by atomic mass is 79.9. The van der Waals surface area contributed by atoms with Gasteiger partial charge in [0.1, 0.15) is 50.7 Å². The number of benzene rings is 7. The van der Waals surface area contributed by atoms with E-state index >= 15 is 0 Å². The molecule has 0 atom stereocenters. The van der Waals surface area contributed by atoms with Crippen molar-refractivity contribution in [2.75, 3.05) is 26.2 Å². The number of hydrogen-bond donors (Lipinski definition) is 8. The molecule has 8 N–H and O–H groups in total. The van der Waals surface area contributed by atoms with Crippen LogP contribution in [0.15, 0.2) is 138 Å². The molecule has 1 aliphatic carbocycles. The minimum atomic E-state index is -3.65. The van der Waals surface area contributed by atoms with E-state index in [0.717, 1.165) is 161 Å². The summed E-state index contributed by atoms with van der Waals surface area (Å²) in [4.78, 5) is 21.0. The van der Waals surface area contributed by atoms with Crippen LogP contribution in [0.4, 0.5) is 17.6 Å². The van der Waals surface area contributed by atoms with Crippen molar-refractivity contribution in [3.8, 4) is 108 Å². The quantitative estimate of drug-likeness (QED) is 0.0292. The lowest BCUT2D eigenvalue weighted by atomic mass is 9.96. The van der Waals surface area contributed by atoms with Crippen LogP contribution in [0.2, 0.25) is 0 Å². The van der Waals surface area contributed by atoms with E-state index in [2.05, 4.69) is 203 Å². The Morgan fingerprint density at radius 1 is 0.468 bits per heavy atom. The first-order chi connectivity index (χ1) is 53.5. The van der Waals surface area contributed by atoms with Crippen LogP contribution in [0, 0.1) is 17.8 Å². The van der Waals surface area contributed by atoms with Gasteiger partial charge in [-0.3, -0.25) is 40.8 Å². The summed E-state index contributed by atoms with van der Waals surface area (Å²) in [6.07, 6.45) is 2.93. The lowest BCUT2D eigenvalue weighted by Gasteiger charge is -2.26. The first kappa shape index (κ1) is 73.3. The largest absolute Gasteiger partial charge is 0.586 e. The number of likely N-dealkylation sites (tertiary alicyclic amines) is 1. The van der Waals surface area contributed by atoms with E-state index < -0.39 is 12.6 Å². The molecule has 8 aromatic heterocycles. The Kier molecular flexibility index (Phi) is 20.2. The van der Waals surface area contributed by atoms with Crippen molar-refractivity contribution in [2.24, 2.45) is 17.8 Å². The third-order valence-corrected chi connectivity index (χ3v) is 19.8. The van der Waals surface area contributed by atoms with E-state index in [1.54, 1.807) is 12.1 Å². The average Bonchev–Trinajstić information content (AvgIpc) is 1.65. The van der Waals surface area contributed by atoms with Crippen molar-refractivity contribution >= 4 is 59.5 Å². The van der Waals surface area contributed by atoms with E-state index in [0.29, 0.717) is 51.8 Å². The van der Waals surface area contributed by atoms with Crippen molar-refractivity contribution in [1.82, 2.24) is 106 Å². The molecule has 570 valence electrons. The van der Waals surface area contributed by atoms with E-state index in [9.17, 15) is 17.6 Å². The first-order valence-corrected chi connectivity index (χ1v) is 37.8. The molecule has 0 amide bonds. The fraction of sp³-hybridized carbons (Fsp3) is 0.325. The lowest BCUT2D eigenvalue weighted by molar-refractivity contribution is -0.287. The summed E-state index contributed by atoms with van der Waals surface area (Å²) in [6, 6.07) is 41.1. The molecule has 0 unspecified atom stereocenters. The highest BCUT2D eigenvalue weighted by Gasteiger charge is 2.45. The Bertz CT molecular complexity index is 5630. The summed E-state index contributed by atoms with van der Waals surface area (Å²) in [5.74, 6) is 8.78. The molecule has 19 rings (SSSR count). The van der Waals surface area contributed by atoms with Crippen LogP contribution < -0.4 is 23.7 Å². The molecule has 11 heterocycles. The molecule has 0 bridgehead atoms. The Hall–Kier alpha value is -11.9. The number of alkyl halides is 4. The van der Waals surface area contributed by atoms with Crippen LogP contribution in [-0.2, 0) is 24.7 Å². The van der Waals surface area contributed by atoms with E-state index in [-0.39, 0.29) is 28.4 Å². The smallest absolute Gasteiger partial charge is 0.494 e. The molecule has 0 spiro atoms. The number of nitrogens with zero attached hydrogens (tertiary/aromatic N) is 13. The fourth-order valence-electron chi connectivity index (χ4n) is 13.5. The third-order valence-electron chi connectivity index (χ3n) is 19.2. The third kappa shape index (κ3) is 16.8. The van der Waals surface area contributed by atoms with Gasteiger partial charge in [-0.1, -0.05) is 67.0 Å². The standard InChI is InChI=1S/C27H34N6O.C20H15F2N5O2.C20H17F2N5O2.C13H14BrN5/c1-27(2,3)26-28-25(31-32-26)20-11-12-23-22(18-20)24(30-29-23)19-9-7-10-21(17-19)34-16-8-15-33-13-5-4-6-14-33;21-20(22)28-15-6-4-11(9-16(15)29-20)18-13-8-12(3-5-14(13)24-26-18)19-23-17(25-27-19)7-10-1-2-10;1-10(2)7-17-23-19(27-25-17)12-3-5-14-13(8-12)18(26-24-14)11-4-6-15-16(9-11)29-20(21,22)28-15;1-7(2)5-11-15-13(19-17-11)8-3-4-10-9(6-8)12(14)18-16-10/h7,9-12,17-18H,4-6,8,13-16H2,1-3H3,(H,29,30)(H,28,31,32);3-6,8-10H,1-2,7H2,(H,24,26)(H,23,25,27);3-6,8-10H,7H2,1-2H3,(H,24,26)(H,23,25,27);3-4,6-7H,5H2,1-2H3,(H,16,18)(H,15,17,19). The first-order valence-electron chi connectivity index (χ1n) is 37.0. The zero-order valence-electron chi connectivity index (χ0n) is 61.9. The van der Waals surface area contributed by atoms with E-state index in [4.69, 9.17) is 9.72 Å². The van der Waals surface area contributed by atoms with Crippen LogP contribution in [0.25, 0.3) is 123 Å². The number of nitrogens with one attached hydrogen (secondary N) is 8. The SMILES string of the molecule is CC(C)(C)c1nc(-c2ccc3[nH]nc(-c4cccc(OCCCN5CCCCC5)c4)c3c2)n[nH]1.CC(C)Cc1nc(-c2ccc3[nH]nc(-c4ccc5c(c4)OC(F)(F)O5)c3c2)n[nH]1.CC(C)Cc1nc(-c2ccc3n[nH]c(Br)c3c2)n[nH]1.FC1(F)Oc2ccc(-c3n[nH]c4ccc(-c5n[nH]c(CC6CC6)n5)cc34)cc2O1. The van der Waals surface area contributed by atoms with Gasteiger partial charge in [0.15, 0.2) is 46.3 Å². The number of rotatable bonds is 18. The number of aromatic amines is 8. The summed E-state index contributed by atoms with van der Waals surface area (Å²) < 4.78 is 78.2. The fourth-order valence-corrected chi connectivity index (χ4v) is 13.9. The second-order valence-corrected chi connectivity index (χ2v) is 30.8. The van der Waals surface area contributed by atoms with Gasteiger partial charge in [-0.15, -0.1) is 17.6 Å². The zero-order chi connectivity index (χ0) is 76.7. The van der Waals surface area contributed by atoms with Gasteiger partial charge in [0.2, 0.25) is 0 Å². The Balaban J connectivity index is 0.000000114. The summed E-state index contributed by atoms with van der Waals surface area (Å²) in [5, 5.41) is 62.7. The van der Waals surface area contributed by atoms with Crippen molar-refractivity contribution in [3.63, 3.8) is 0 Å². The topological polar surface area (TPSA) is 330 Å². The maximum Gasteiger partial charge on any atom is 0.586 e. The number of hydrogen-bond acceptors (Lipinski definition) is 18. The molecular formula is C80H80BrF4N21O5. The number of halogens is 5. The van der Waals surface area contributed by atoms with Gasteiger partial charge in [-0.05, 0) is 200 Å². The molecule has 1 saturated carbocycles. The zero-order valence-corrected chi connectivity index (χ0v) is 63.5. The Labute approximate surface area is 641 Å². The van der Waals surface area contributed by atoms with Crippen LogP contribution >= 0.6 is 15.9 Å². The van der Waals surface area contributed by atoms with Gasteiger partial charge >= 0.3 is 12.6 Å².